The highest BCUT2D eigenvalue weighted by Gasteiger charge is 2.25. The number of carbonyl (C=O) groups excluding carboxylic acids is 1. The van der Waals surface area contributed by atoms with E-state index in [1.807, 2.05) is 18.2 Å². The summed E-state index contributed by atoms with van der Waals surface area (Å²) in [5.41, 5.74) is 1.05. The van der Waals surface area contributed by atoms with E-state index in [-0.39, 0.29) is 12.5 Å². The second-order valence-electron chi connectivity index (χ2n) is 5.92. The lowest BCUT2D eigenvalue weighted by Gasteiger charge is -2.19. The molecule has 4 rings (SSSR count). The summed E-state index contributed by atoms with van der Waals surface area (Å²) in [6.07, 6.45) is 1.56. The number of furan rings is 1. The number of anilines is 1. The van der Waals surface area contributed by atoms with Gasteiger partial charge in [0.2, 0.25) is 0 Å². The summed E-state index contributed by atoms with van der Waals surface area (Å²) in [5.74, 6) is 1.02. The average Bonchev–Trinajstić information content (AvgIpc) is 3.36. The largest absolute Gasteiger partial charge is 0.497 e. The van der Waals surface area contributed by atoms with Crippen LogP contribution in [-0.4, -0.2) is 18.0 Å². The van der Waals surface area contributed by atoms with Crippen LogP contribution in [-0.2, 0) is 6.54 Å². The highest BCUT2D eigenvalue weighted by atomic mass is 35.5. The lowest BCUT2D eigenvalue weighted by Crippen LogP contribution is -2.30. The Bertz CT molecular complexity index is 1140. The van der Waals surface area contributed by atoms with Gasteiger partial charge in [-0.25, -0.2) is 4.98 Å². The molecule has 4 aromatic rings. The first-order valence-corrected chi connectivity index (χ1v) is 9.86. The van der Waals surface area contributed by atoms with Crippen LogP contribution in [0.4, 0.5) is 5.13 Å². The number of ether oxygens (including phenoxy) is 1. The minimum atomic E-state index is -0.310. The number of nitrogens with zero attached hydrogens (tertiary/aromatic N) is 2. The van der Waals surface area contributed by atoms with Crippen molar-refractivity contribution in [2.45, 2.75) is 6.54 Å². The van der Waals surface area contributed by atoms with Gasteiger partial charge in [-0.15, -0.1) is 0 Å². The van der Waals surface area contributed by atoms with Crippen LogP contribution >= 0.6 is 34.5 Å². The van der Waals surface area contributed by atoms with E-state index in [2.05, 4.69) is 4.98 Å². The lowest BCUT2D eigenvalue weighted by molar-refractivity contribution is 0.0983. The zero-order chi connectivity index (χ0) is 19.7. The van der Waals surface area contributed by atoms with E-state index in [4.69, 9.17) is 32.4 Å². The second kappa shape index (κ2) is 7.83. The Balaban J connectivity index is 1.79. The molecule has 0 spiro atoms. The molecule has 2 heterocycles. The van der Waals surface area contributed by atoms with Crippen LogP contribution in [0, 0.1) is 0 Å². The second-order valence-corrected chi connectivity index (χ2v) is 7.78. The molecule has 0 N–H and O–H groups in total. The van der Waals surface area contributed by atoms with E-state index in [9.17, 15) is 4.79 Å². The molecule has 8 heteroatoms. The Morgan fingerprint density at radius 2 is 2.07 bits per heavy atom. The van der Waals surface area contributed by atoms with Gasteiger partial charge in [-0.2, -0.15) is 0 Å². The standard InChI is InChI=1S/C20H14Cl2N2O3S/c1-26-13-5-7-18-17(10-13)23-20(28-18)24(11-14-3-2-8-27-14)19(25)15-9-12(21)4-6-16(15)22/h2-10H,11H2,1H3. The molecule has 28 heavy (non-hydrogen) atoms. The van der Waals surface area contributed by atoms with Crippen LogP contribution in [0.15, 0.2) is 59.2 Å². The van der Waals surface area contributed by atoms with E-state index in [0.29, 0.717) is 32.3 Å². The first-order chi connectivity index (χ1) is 13.5. The van der Waals surface area contributed by atoms with Crippen LogP contribution < -0.4 is 9.64 Å². The molecule has 0 fully saturated rings. The SMILES string of the molecule is COc1ccc2sc(N(Cc3ccco3)C(=O)c3cc(Cl)ccc3Cl)nc2c1. The molecule has 0 unspecified atom stereocenters. The Labute approximate surface area is 175 Å². The molecule has 0 saturated carbocycles. The summed E-state index contributed by atoms with van der Waals surface area (Å²) in [6.45, 7) is 0.214. The van der Waals surface area contributed by atoms with Crippen molar-refractivity contribution in [1.82, 2.24) is 4.98 Å². The quantitative estimate of drug-likeness (QED) is 0.384. The number of carbonyl (C=O) groups is 1. The first kappa shape index (κ1) is 18.8. The highest BCUT2D eigenvalue weighted by Crippen LogP contribution is 2.34. The highest BCUT2D eigenvalue weighted by molar-refractivity contribution is 7.22. The molecule has 2 aromatic carbocycles. The summed E-state index contributed by atoms with van der Waals surface area (Å²) >= 11 is 13.7. The van der Waals surface area contributed by atoms with E-state index in [1.165, 1.54) is 16.2 Å². The zero-order valence-electron chi connectivity index (χ0n) is 14.7. The van der Waals surface area contributed by atoms with Crippen LogP contribution in [0.25, 0.3) is 10.2 Å². The van der Waals surface area contributed by atoms with Gasteiger partial charge < -0.3 is 9.15 Å². The number of rotatable bonds is 5. The first-order valence-electron chi connectivity index (χ1n) is 8.29. The maximum atomic E-state index is 13.3. The molecule has 0 aliphatic heterocycles. The van der Waals surface area contributed by atoms with Crippen LogP contribution in [0.3, 0.4) is 0 Å². The van der Waals surface area contributed by atoms with E-state index < -0.39 is 0 Å². The molecule has 142 valence electrons. The minimum Gasteiger partial charge on any atom is -0.497 e. The fourth-order valence-electron chi connectivity index (χ4n) is 2.73. The van der Waals surface area contributed by atoms with Crippen molar-refractivity contribution in [2.75, 3.05) is 12.0 Å². The number of amides is 1. The van der Waals surface area contributed by atoms with Gasteiger partial charge in [-0.3, -0.25) is 9.69 Å². The van der Waals surface area contributed by atoms with Crippen LogP contribution in [0.2, 0.25) is 10.0 Å². The van der Waals surface area contributed by atoms with E-state index in [1.54, 1.807) is 43.7 Å². The zero-order valence-corrected chi connectivity index (χ0v) is 17.0. The molecule has 0 aliphatic rings. The number of aromatic nitrogens is 1. The van der Waals surface area contributed by atoms with Gasteiger partial charge in [0.15, 0.2) is 5.13 Å². The Kier molecular flexibility index (Phi) is 5.26. The molecule has 0 atom stereocenters. The Morgan fingerprint density at radius 1 is 1.21 bits per heavy atom. The van der Waals surface area contributed by atoms with Crippen molar-refractivity contribution in [1.29, 1.82) is 0 Å². The van der Waals surface area contributed by atoms with Crippen molar-refractivity contribution < 1.29 is 13.9 Å². The topological polar surface area (TPSA) is 55.6 Å². The van der Waals surface area contributed by atoms with Gasteiger partial charge in [0, 0.05) is 11.1 Å². The monoisotopic (exact) mass is 432 g/mol. The number of hydrogen-bond acceptors (Lipinski definition) is 5. The molecule has 0 bridgehead atoms. The third-order valence-corrected chi connectivity index (χ3v) is 5.74. The number of benzene rings is 2. The third-order valence-electron chi connectivity index (χ3n) is 4.11. The minimum absolute atomic E-state index is 0.214. The Morgan fingerprint density at radius 3 is 2.82 bits per heavy atom. The number of methoxy groups -OCH3 is 1. The molecular formula is C20H14Cl2N2O3S. The molecule has 0 saturated heterocycles. The van der Waals surface area contributed by atoms with Gasteiger partial charge in [-0.05, 0) is 42.5 Å². The van der Waals surface area contributed by atoms with Crippen molar-refractivity contribution in [3.8, 4) is 5.75 Å². The number of fused-ring (bicyclic) bond motifs is 1. The maximum Gasteiger partial charge on any atom is 0.262 e. The predicted octanol–water partition coefficient (Wildman–Crippen LogP) is 6.05. The van der Waals surface area contributed by atoms with Gasteiger partial charge in [-0.1, -0.05) is 34.5 Å². The van der Waals surface area contributed by atoms with Gasteiger partial charge in [0.05, 0.1) is 40.7 Å². The van der Waals surface area contributed by atoms with Gasteiger partial charge >= 0.3 is 0 Å². The summed E-state index contributed by atoms with van der Waals surface area (Å²) in [6, 6.07) is 14.0. The maximum absolute atomic E-state index is 13.3. The number of thiazole rings is 1. The fourth-order valence-corrected chi connectivity index (χ4v) is 4.04. The van der Waals surface area contributed by atoms with Crippen molar-refractivity contribution >= 4 is 55.8 Å². The van der Waals surface area contributed by atoms with Crippen LogP contribution in [0.5, 0.6) is 5.75 Å². The molecule has 0 aliphatic carbocycles. The Hall–Kier alpha value is -2.54. The lowest BCUT2D eigenvalue weighted by atomic mass is 10.2. The summed E-state index contributed by atoms with van der Waals surface area (Å²) in [4.78, 5) is 19.5. The molecular weight excluding hydrogens is 419 g/mol. The number of hydrogen-bond donors (Lipinski definition) is 0. The third kappa shape index (κ3) is 3.71. The summed E-state index contributed by atoms with van der Waals surface area (Å²) in [7, 11) is 1.60. The van der Waals surface area contributed by atoms with E-state index in [0.717, 1.165) is 10.2 Å². The van der Waals surface area contributed by atoms with E-state index >= 15 is 0 Å². The smallest absolute Gasteiger partial charge is 0.262 e. The average molecular weight is 433 g/mol. The summed E-state index contributed by atoms with van der Waals surface area (Å²) in [5, 5.41) is 1.28. The van der Waals surface area contributed by atoms with Crippen LogP contribution in [0.1, 0.15) is 16.1 Å². The predicted molar refractivity (Wildman–Crippen MR) is 112 cm³/mol. The number of halogens is 2. The molecule has 0 radical (unpaired) electrons. The van der Waals surface area contributed by atoms with Gasteiger partial charge in [0.25, 0.3) is 5.91 Å². The molecule has 5 nitrogen and oxygen atoms in total. The van der Waals surface area contributed by atoms with Crippen molar-refractivity contribution in [3.63, 3.8) is 0 Å². The fraction of sp³-hybridized carbons (Fsp3) is 0.100. The van der Waals surface area contributed by atoms with Crippen molar-refractivity contribution in [3.05, 3.63) is 76.2 Å². The molecule has 2 aromatic heterocycles. The molecule has 1 amide bonds. The summed E-state index contributed by atoms with van der Waals surface area (Å²) < 4.78 is 11.6. The van der Waals surface area contributed by atoms with Gasteiger partial charge in [0.1, 0.15) is 11.5 Å². The van der Waals surface area contributed by atoms with Crippen molar-refractivity contribution in [2.24, 2.45) is 0 Å². The normalized spacial score (nSPS) is 11.0.